The van der Waals surface area contributed by atoms with E-state index in [1.54, 1.807) is 15.9 Å². The summed E-state index contributed by atoms with van der Waals surface area (Å²) in [5.41, 5.74) is 25.4. The highest BCUT2D eigenvalue weighted by molar-refractivity contribution is 7.20. The lowest BCUT2D eigenvalue weighted by molar-refractivity contribution is 0.332. The third kappa shape index (κ3) is 7.61. The number of fused-ring (bicyclic) bond motifs is 9. The van der Waals surface area contributed by atoms with E-state index < -0.39 is 0 Å². The van der Waals surface area contributed by atoms with Crippen LogP contribution < -0.4 is 31.1 Å². The van der Waals surface area contributed by atoms with Crippen molar-refractivity contribution >= 4 is 84.9 Å². The number of benzene rings is 6. The number of anilines is 9. The molecule has 0 unspecified atom stereocenters. The number of rotatable bonds is 5. The Labute approximate surface area is 467 Å². The normalized spacial score (nSPS) is 21.6. The minimum absolute atomic E-state index is 0.0128. The average Bonchev–Trinajstić information content (AvgIpc) is 3.57. The fourth-order valence-electron chi connectivity index (χ4n) is 15.6. The molecule has 0 bridgehead atoms. The van der Waals surface area contributed by atoms with Gasteiger partial charge in [-0.25, -0.2) is 0 Å². The standard InChI is InChI=1S/C72H84BN3S/c1-65(2)31-33-67(5,6)52-39-47(27-29-50(52)65)75-57-44-55-54(69(9,10)35-36-70(55,11)12)43-56(57)73-61-58(75)41-49(74(45-23-19-17-20-24-45)46-25-21-18-22-26-46)42-59(61)76(48-28-30-51-53(40-48)68(7,8)34-32-66(51,3)4)64-62(73)60-63(77-64)72(15,16)38-37-71(60,13)14/h17-30,39-44H,31-38H2,1-16H3. The van der Waals surface area contributed by atoms with E-state index in [0.717, 1.165) is 17.1 Å². The fourth-order valence-corrected chi connectivity index (χ4v) is 17.3. The molecule has 5 heteroatoms. The SMILES string of the molecule is CC1(C)CCC(C)(C)c2cc(N3c4cc5c(cc4B4c6c3cc(N(c3ccccc3)c3ccccc3)cc6N(c3ccc6c(c3)C(C)(C)CCC6(C)C)c3sc6c(c34)C(C)(C)CCC6(C)C)C(C)(C)CCC5(C)C)ccc21. The van der Waals surface area contributed by atoms with E-state index in [4.69, 9.17) is 0 Å². The molecule has 0 saturated carbocycles. The van der Waals surface area contributed by atoms with E-state index >= 15 is 0 Å². The van der Waals surface area contributed by atoms with Gasteiger partial charge in [-0.05, 0) is 217 Å². The molecule has 0 atom stereocenters. The molecular formula is C72H84BN3S. The summed E-state index contributed by atoms with van der Waals surface area (Å²) in [5.74, 6) is 0. The van der Waals surface area contributed by atoms with Gasteiger partial charge in [0.15, 0.2) is 0 Å². The van der Waals surface area contributed by atoms with Crippen LogP contribution in [0.15, 0.2) is 121 Å². The first-order valence-electron chi connectivity index (χ1n) is 29.5. The number of hydrogen-bond acceptors (Lipinski definition) is 4. The summed E-state index contributed by atoms with van der Waals surface area (Å²) in [4.78, 5) is 9.67. The van der Waals surface area contributed by atoms with Crippen LogP contribution in [0.1, 0.15) is 206 Å². The first-order chi connectivity index (χ1) is 36.1. The van der Waals surface area contributed by atoms with E-state index in [9.17, 15) is 0 Å². The van der Waals surface area contributed by atoms with E-state index in [0.29, 0.717) is 0 Å². The summed E-state index contributed by atoms with van der Waals surface area (Å²) >= 11 is 2.12. The van der Waals surface area contributed by atoms with Crippen molar-refractivity contribution in [3.8, 4) is 0 Å². The van der Waals surface area contributed by atoms with Crippen LogP contribution in [0.3, 0.4) is 0 Å². The average molecular weight is 1030 g/mol. The lowest BCUT2D eigenvalue weighted by atomic mass is 9.32. The molecule has 3 nitrogen and oxygen atoms in total. The van der Waals surface area contributed by atoms with Crippen LogP contribution in [0.5, 0.6) is 0 Å². The van der Waals surface area contributed by atoms with Gasteiger partial charge in [0.1, 0.15) is 0 Å². The molecule has 77 heavy (non-hydrogen) atoms. The van der Waals surface area contributed by atoms with E-state index in [2.05, 4.69) is 258 Å². The molecule has 0 spiro atoms. The van der Waals surface area contributed by atoms with E-state index in [1.165, 1.54) is 129 Å². The number of hydrogen-bond donors (Lipinski definition) is 0. The Balaban J connectivity index is 1.22. The van der Waals surface area contributed by atoms with Crippen molar-refractivity contribution in [1.82, 2.24) is 0 Å². The summed E-state index contributed by atoms with van der Waals surface area (Å²) in [7, 11) is 0. The molecule has 6 aromatic carbocycles. The Morgan fingerprint density at radius 3 is 1.26 bits per heavy atom. The van der Waals surface area contributed by atoms with Gasteiger partial charge in [-0.15, -0.1) is 11.3 Å². The smallest absolute Gasteiger partial charge is 0.253 e. The molecule has 0 amide bonds. The van der Waals surface area contributed by atoms with Gasteiger partial charge in [-0.1, -0.05) is 165 Å². The monoisotopic (exact) mass is 1030 g/mol. The predicted molar refractivity (Wildman–Crippen MR) is 334 cm³/mol. The first-order valence-corrected chi connectivity index (χ1v) is 30.3. The Morgan fingerprint density at radius 2 is 0.766 bits per heavy atom. The zero-order valence-electron chi connectivity index (χ0n) is 49.5. The quantitative estimate of drug-likeness (QED) is 0.159. The molecular weight excluding hydrogens is 950 g/mol. The number of nitrogens with zero attached hydrogens (tertiary/aromatic N) is 3. The molecule has 2 aliphatic heterocycles. The summed E-state index contributed by atoms with van der Waals surface area (Å²) in [6, 6.07) is 48.3. The third-order valence-corrected chi connectivity index (χ3v) is 22.6. The lowest BCUT2D eigenvalue weighted by Crippen LogP contribution is -2.63. The van der Waals surface area contributed by atoms with Crippen LogP contribution in [0, 0.1) is 0 Å². The summed E-state index contributed by atoms with van der Waals surface area (Å²) < 4.78 is 0. The van der Waals surface area contributed by atoms with Crippen LogP contribution in [0.25, 0.3) is 0 Å². The Bertz CT molecular complexity index is 3530. The maximum atomic E-state index is 2.79. The van der Waals surface area contributed by atoms with Crippen molar-refractivity contribution in [2.24, 2.45) is 0 Å². The van der Waals surface area contributed by atoms with Crippen molar-refractivity contribution in [2.45, 2.75) is 205 Å². The fraction of sp³-hybridized carbons (Fsp3) is 0.444. The van der Waals surface area contributed by atoms with E-state index in [1.807, 2.05) is 0 Å². The molecule has 0 saturated heterocycles. The van der Waals surface area contributed by atoms with Crippen molar-refractivity contribution in [2.75, 3.05) is 14.7 Å². The summed E-state index contributed by atoms with van der Waals surface area (Å²) in [5, 5.41) is 1.41. The van der Waals surface area contributed by atoms with Crippen molar-refractivity contribution in [3.05, 3.63) is 165 Å². The van der Waals surface area contributed by atoms with Gasteiger partial charge in [0.2, 0.25) is 0 Å². The van der Waals surface area contributed by atoms with Gasteiger partial charge in [0.25, 0.3) is 6.71 Å². The van der Waals surface area contributed by atoms with E-state index in [-0.39, 0.29) is 50.0 Å². The van der Waals surface area contributed by atoms with Gasteiger partial charge in [0, 0.05) is 44.7 Å². The Morgan fingerprint density at radius 1 is 0.364 bits per heavy atom. The van der Waals surface area contributed by atoms with Gasteiger partial charge >= 0.3 is 0 Å². The summed E-state index contributed by atoms with van der Waals surface area (Å²) in [6.45, 7) is 40.2. The van der Waals surface area contributed by atoms with Gasteiger partial charge in [-0.3, -0.25) is 0 Å². The molecule has 396 valence electrons. The van der Waals surface area contributed by atoms with Crippen LogP contribution in [0.4, 0.5) is 50.5 Å². The van der Waals surface area contributed by atoms with Gasteiger partial charge in [-0.2, -0.15) is 0 Å². The van der Waals surface area contributed by atoms with Gasteiger partial charge < -0.3 is 14.7 Å². The topological polar surface area (TPSA) is 9.72 Å². The Kier molecular flexibility index (Phi) is 10.9. The van der Waals surface area contributed by atoms with Crippen LogP contribution >= 0.6 is 11.3 Å². The maximum absolute atomic E-state index is 2.79. The Hall–Kier alpha value is -5.52. The van der Waals surface area contributed by atoms with Crippen molar-refractivity contribution in [3.63, 3.8) is 0 Å². The highest BCUT2D eigenvalue weighted by Crippen LogP contribution is 2.59. The van der Waals surface area contributed by atoms with Gasteiger partial charge in [0.05, 0.1) is 10.7 Å². The zero-order valence-corrected chi connectivity index (χ0v) is 50.3. The molecule has 0 N–H and O–H groups in total. The molecule has 7 aromatic rings. The van der Waals surface area contributed by atoms with Crippen LogP contribution in [-0.4, -0.2) is 6.71 Å². The highest BCUT2D eigenvalue weighted by Gasteiger charge is 2.53. The minimum Gasteiger partial charge on any atom is -0.311 e. The first kappa shape index (κ1) is 51.0. The summed E-state index contributed by atoms with van der Waals surface area (Å²) in [6.07, 6.45) is 9.41. The predicted octanol–water partition coefficient (Wildman–Crippen LogP) is 18.7. The van der Waals surface area contributed by atoms with Crippen LogP contribution in [-0.2, 0) is 43.3 Å². The largest absolute Gasteiger partial charge is 0.311 e. The highest BCUT2D eigenvalue weighted by atomic mass is 32.1. The van der Waals surface area contributed by atoms with Crippen molar-refractivity contribution < 1.29 is 0 Å². The molecule has 13 rings (SSSR count). The van der Waals surface area contributed by atoms with Crippen LogP contribution in [0.2, 0.25) is 0 Å². The molecule has 3 heterocycles. The molecule has 0 fully saturated rings. The molecule has 1 aromatic heterocycles. The molecule has 0 radical (unpaired) electrons. The van der Waals surface area contributed by atoms with Crippen molar-refractivity contribution in [1.29, 1.82) is 0 Å². The minimum atomic E-state index is -0.0128. The number of thiophene rings is 1. The maximum Gasteiger partial charge on any atom is 0.253 e. The molecule has 4 aliphatic carbocycles. The second-order valence-corrected chi connectivity index (χ2v) is 31.0. The lowest BCUT2D eigenvalue weighted by Gasteiger charge is -2.48. The second kappa shape index (κ2) is 16.5. The number of para-hydroxylation sites is 2. The zero-order chi connectivity index (χ0) is 54.4. The second-order valence-electron chi connectivity index (χ2n) is 30.0. The third-order valence-electron chi connectivity index (χ3n) is 21.0. The molecule has 6 aliphatic rings.